The molecule has 2 atom stereocenters. The third-order valence-electron chi connectivity index (χ3n) is 8.39. The molecule has 1 N–H and O–H groups in total. The van der Waals surface area contributed by atoms with E-state index < -0.39 is 0 Å². The average Bonchev–Trinajstić information content (AvgIpc) is 3.63. The van der Waals surface area contributed by atoms with Gasteiger partial charge in [0.1, 0.15) is 11.8 Å². The molecule has 1 aromatic carbocycles. The zero-order valence-corrected chi connectivity index (χ0v) is 21.6. The number of ether oxygens (including phenoxy) is 2. The molecule has 3 aliphatic rings. The molecule has 6 rings (SSSR count). The summed E-state index contributed by atoms with van der Waals surface area (Å²) in [6.45, 7) is 5.11. The monoisotopic (exact) mass is 507 g/mol. The van der Waals surface area contributed by atoms with Gasteiger partial charge in [-0.05, 0) is 59.7 Å². The first-order valence-electron chi connectivity index (χ1n) is 13.8. The molecule has 0 radical (unpaired) electrons. The Morgan fingerprint density at radius 3 is 2.68 bits per heavy atom. The second-order valence-corrected chi connectivity index (χ2v) is 10.6. The summed E-state index contributed by atoms with van der Waals surface area (Å²) in [4.78, 5) is 21.7. The molecule has 3 aromatic rings. The van der Waals surface area contributed by atoms with E-state index in [0.717, 1.165) is 56.5 Å². The number of benzene rings is 1. The van der Waals surface area contributed by atoms with Crippen LogP contribution in [0.5, 0.6) is 5.75 Å². The summed E-state index contributed by atoms with van der Waals surface area (Å²) in [6, 6.07) is 8.13. The zero-order valence-electron chi connectivity index (χ0n) is 21.6. The summed E-state index contributed by atoms with van der Waals surface area (Å²) in [5.74, 6) is 1.42. The fraction of sp³-hybridized carbons (Fsp3) is 0.630. The van der Waals surface area contributed by atoms with Crippen LogP contribution in [0.15, 0.2) is 29.1 Å². The Morgan fingerprint density at radius 2 is 1.92 bits per heavy atom. The van der Waals surface area contributed by atoms with Gasteiger partial charge in [0.05, 0.1) is 25.3 Å². The Labute approximate surface area is 216 Å². The smallest absolute Gasteiger partial charge is 0.253 e. The van der Waals surface area contributed by atoms with Gasteiger partial charge in [0, 0.05) is 50.5 Å². The lowest BCUT2D eigenvalue weighted by atomic mass is 9.93. The van der Waals surface area contributed by atoms with Gasteiger partial charge in [0.2, 0.25) is 0 Å². The molecule has 3 fully saturated rings. The van der Waals surface area contributed by atoms with Crippen LogP contribution in [0.2, 0.25) is 0 Å². The van der Waals surface area contributed by atoms with Crippen molar-refractivity contribution in [1.29, 1.82) is 0 Å². The minimum atomic E-state index is -0.333. The number of tetrazole rings is 1. The topological polar surface area (TPSA) is 101 Å². The number of aromatic nitrogens is 5. The van der Waals surface area contributed by atoms with Crippen LogP contribution < -0.4 is 10.3 Å². The van der Waals surface area contributed by atoms with E-state index in [2.05, 4.69) is 30.3 Å². The van der Waals surface area contributed by atoms with Crippen LogP contribution >= 0.6 is 0 Å². The van der Waals surface area contributed by atoms with Gasteiger partial charge in [-0.3, -0.25) is 14.6 Å². The Hall–Kier alpha value is -2.82. The Kier molecular flexibility index (Phi) is 7.21. The van der Waals surface area contributed by atoms with Crippen molar-refractivity contribution in [2.75, 3.05) is 39.9 Å². The number of piperazine rings is 1. The van der Waals surface area contributed by atoms with Crippen LogP contribution in [0.3, 0.4) is 0 Å². The first-order valence-corrected chi connectivity index (χ1v) is 13.8. The second kappa shape index (κ2) is 10.9. The van der Waals surface area contributed by atoms with Crippen LogP contribution in [0, 0.1) is 0 Å². The van der Waals surface area contributed by atoms with Crippen molar-refractivity contribution in [2.24, 2.45) is 0 Å². The summed E-state index contributed by atoms with van der Waals surface area (Å²) in [5.41, 5.74) is 1.31. The van der Waals surface area contributed by atoms with E-state index in [0.29, 0.717) is 29.7 Å². The van der Waals surface area contributed by atoms with E-state index >= 15 is 0 Å². The maximum atomic E-state index is 13.5. The molecule has 1 saturated carbocycles. The molecule has 0 spiro atoms. The van der Waals surface area contributed by atoms with Gasteiger partial charge in [0.25, 0.3) is 5.56 Å². The lowest BCUT2D eigenvalue weighted by Crippen LogP contribution is -2.52. The molecule has 0 unspecified atom stereocenters. The highest BCUT2D eigenvalue weighted by atomic mass is 16.5. The van der Waals surface area contributed by atoms with Gasteiger partial charge in [-0.2, -0.15) is 0 Å². The van der Waals surface area contributed by atoms with Crippen LogP contribution in [-0.4, -0.2) is 87.0 Å². The van der Waals surface area contributed by atoms with Gasteiger partial charge in [-0.25, -0.2) is 4.68 Å². The SMILES string of the molecule is COc1ccc2cc([C@H](c3nnnn3C[C@H]3CCCO3)N3CCN(C4CCCCC4)CC3)c(=O)[nH]c2c1. The number of H-pyrrole nitrogens is 1. The fourth-order valence-electron chi connectivity index (χ4n) is 6.35. The number of hydrogen-bond donors (Lipinski definition) is 1. The molecular formula is C27H37N7O3. The average molecular weight is 508 g/mol. The molecule has 37 heavy (non-hydrogen) atoms. The van der Waals surface area contributed by atoms with E-state index in [1.165, 1.54) is 32.1 Å². The minimum absolute atomic E-state index is 0.105. The highest BCUT2D eigenvalue weighted by molar-refractivity contribution is 5.80. The predicted molar refractivity (Wildman–Crippen MR) is 140 cm³/mol. The normalized spacial score (nSPS) is 23.0. The van der Waals surface area contributed by atoms with Gasteiger partial charge >= 0.3 is 0 Å². The zero-order chi connectivity index (χ0) is 25.2. The van der Waals surface area contributed by atoms with E-state index in [4.69, 9.17) is 9.47 Å². The van der Waals surface area contributed by atoms with E-state index in [1.54, 1.807) is 7.11 Å². The van der Waals surface area contributed by atoms with Crippen LogP contribution in [0.25, 0.3) is 10.9 Å². The second-order valence-electron chi connectivity index (χ2n) is 10.6. The molecule has 4 heterocycles. The number of aromatic amines is 1. The third kappa shape index (κ3) is 5.15. The van der Waals surface area contributed by atoms with Crippen LogP contribution in [0.1, 0.15) is 62.4 Å². The molecule has 2 saturated heterocycles. The maximum Gasteiger partial charge on any atom is 0.253 e. The van der Waals surface area contributed by atoms with Crippen molar-refractivity contribution in [3.63, 3.8) is 0 Å². The molecule has 10 heteroatoms. The van der Waals surface area contributed by atoms with Gasteiger partial charge < -0.3 is 14.5 Å². The first-order chi connectivity index (χ1) is 18.2. The molecular weight excluding hydrogens is 470 g/mol. The van der Waals surface area contributed by atoms with Crippen molar-refractivity contribution >= 4 is 10.9 Å². The highest BCUT2D eigenvalue weighted by Gasteiger charge is 2.35. The van der Waals surface area contributed by atoms with Crippen LogP contribution in [0.4, 0.5) is 0 Å². The summed E-state index contributed by atoms with van der Waals surface area (Å²) in [7, 11) is 1.63. The number of fused-ring (bicyclic) bond motifs is 1. The molecule has 2 aliphatic heterocycles. The number of nitrogens with zero attached hydrogens (tertiary/aromatic N) is 6. The Balaban J connectivity index is 1.34. The molecule has 1 aliphatic carbocycles. The molecule has 198 valence electrons. The molecule has 2 aromatic heterocycles. The lowest BCUT2D eigenvalue weighted by molar-refractivity contribution is 0.0593. The van der Waals surface area contributed by atoms with Gasteiger partial charge in [0.15, 0.2) is 5.82 Å². The minimum Gasteiger partial charge on any atom is -0.497 e. The van der Waals surface area contributed by atoms with E-state index in [9.17, 15) is 4.79 Å². The van der Waals surface area contributed by atoms with Crippen molar-refractivity contribution in [3.8, 4) is 5.75 Å². The van der Waals surface area contributed by atoms with Crippen molar-refractivity contribution in [1.82, 2.24) is 35.0 Å². The van der Waals surface area contributed by atoms with E-state index in [1.807, 2.05) is 28.9 Å². The van der Waals surface area contributed by atoms with Crippen molar-refractivity contribution < 1.29 is 9.47 Å². The predicted octanol–water partition coefficient (Wildman–Crippen LogP) is 2.74. The maximum absolute atomic E-state index is 13.5. The van der Waals surface area contributed by atoms with Gasteiger partial charge in [-0.1, -0.05) is 19.3 Å². The Bertz CT molecular complexity index is 1250. The number of pyridine rings is 1. The van der Waals surface area contributed by atoms with Crippen molar-refractivity contribution in [2.45, 2.75) is 69.7 Å². The van der Waals surface area contributed by atoms with Crippen LogP contribution in [-0.2, 0) is 11.3 Å². The first kappa shape index (κ1) is 24.5. The summed E-state index contributed by atoms with van der Waals surface area (Å²) >= 11 is 0. The quantitative estimate of drug-likeness (QED) is 0.521. The highest BCUT2D eigenvalue weighted by Crippen LogP contribution is 2.31. The standard InChI is InChI=1S/C27H37N7O3/c1-36-21-10-9-19-16-23(27(35)28-24(19)17-21)25(26-29-30-31-34(26)18-22-8-5-15-37-22)33-13-11-32(12-14-33)20-6-3-2-4-7-20/h9-10,16-17,20,22,25H,2-8,11-15,18H2,1H3,(H,28,35)/t22-,25-/m1/s1. The number of hydrogen-bond acceptors (Lipinski definition) is 8. The largest absolute Gasteiger partial charge is 0.497 e. The Morgan fingerprint density at radius 1 is 1.08 bits per heavy atom. The molecule has 10 nitrogen and oxygen atoms in total. The number of methoxy groups -OCH3 is 1. The number of nitrogens with one attached hydrogen (secondary N) is 1. The third-order valence-corrected chi connectivity index (χ3v) is 8.39. The van der Waals surface area contributed by atoms with Crippen molar-refractivity contribution in [3.05, 3.63) is 46.0 Å². The summed E-state index contributed by atoms with van der Waals surface area (Å²) < 4.78 is 13.1. The molecule has 0 bridgehead atoms. The summed E-state index contributed by atoms with van der Waals surface area (Å²) in [5, 5.41) is 13.8. The van der Waals surface area contributed by atoms with E-state index in [-0.39, 0.29) is 17.7 Å². The van der Waals surface area contributed by atoms with Gasteiger partial charge in [-0.15, -0.1) is 5.10 Å². The number of rotatable bonds is 7. The lowest BCUT2D eigenvalue weighted by Gasteiger charge is -2.43. The molecule has 0 amide bonds. The summed E-state index contributed by atoms with van der Waals surface area (Å²) in [6.07, 6.45) is 8.81. The fourth-order valence-corrected chi connectivity index (χ4v) is 6.35.